The molecule has 2 aliphatic rings. The molecule has 4 heteroatoms. The van der Waals surface area contributed by atoms with Crippen molar-refractivity contribution in [3.05, 3.63) is 77.0 Å². The first-order valence-electron chi connectivity index (χ1n) is 10.4. The van der Waals surface area contributed by atoms with Crippen LogP contribution in [0.2, 0.25) is 0 Å². The number of rotatable bonds is 2. The topological polar surface area (TPSA) is 59.2 Å². The summed E-state index contributed by atoms with van der Waals surface area (Å²) in [7, 11) is 0. The second kappa shape index (κ2) is 7.45. The van der Waals surface area contributed by atoms with Crippen LogP contribution in [0.4, 0.5) is 0 Å². The highest BCUT2D eigenvalue weighted by molar-refractivity contribution is 6.09. The molecule has 0 bridgehead atoms. The van der Waals surface area contributed by atoms with Gasteiger partial charge in [-0.05, 0) is 54.5 Å². The van der Waals surface area contributed by atoms with Crippen molar-refractivity contribution in [3.63, 3.8) is 0 Å². The second-order valence-corrected chi connectivity index (χ2v) is 8.04. The SMILES string of the molecule is NC1CCN(C(=O)c2c3c(nc4ccccc24)/C(=C\c2ccccc2)CC3)CC1. The minimum Gasteiger partial charge on any atom is -0.339 e. The zero-order chi connectivity index (χ0) is 19.8. The number of allylic oxidation sites excluding steroid dienone is 1. The maximum atomic E-state index is 13.6. The van der Waals surface area contributed by atoms with E-state index in [-0.39, 0.29) is 11.9 Å². The van der Waals surface area contributed by atoms with Crippen molar-refractivity contribution >= 4 is 28.5 Å². The number of carbonyl (C=O) groups excluding carboxylic acids is 1. The van der Waals surface area contributed by atoms with E-state index in [4.69, 9.17) is 10.7 Å². The zero-order valence-electron chi connectivity index (χ0n) is 16.5. The Morgan fingerprint density at radius 2 is 1.72 bits per heavy atom. The Balaban J connectivity index is 1.63. The molecule has 146 valence electrons. The van der Waals surface area contributed by atoms with E-state index in [0.717, 1.165) is 66.5 Å². The van der Waals surface area contributed by atoms with Crippen molar-refractivity contribution in [1.29, 1.82) is 0 Å². The normalized spacial score (nSPS) is 18.4. The van der Waals surface area contributed by atoms with Gasteiger partial charge in [-0.2, -0.15) is 0 Å². The fourth-order valence-electron chi connectivity index (χ4n) is 4.53. The van der Waals surface area contributed by atoms with Crippen molar-refractivity contribution in [2.24, 2.45) is 5.73 Å². The predicted molar refractivity (Wildman–Crippen MR) is 117 cm³/mol. The van der Waals surface area contributed by atoms with Crippen LogP contribution >= 0.6 is 0 Å². The molecule has 1 saturated heterocycles. The molecule has 0 radical (unpaired) electrons. The number of piperidine rings is 1. The molecular weight excluding hydrogens is 358 g/mol. The van der Waals surface area contributed by atoms with Gasteiger partial charge in [-0.1, -0.05) is 48.5 Å². The summed E-state index contributed by atoms with van der Waals surface area (Å²) in [5.41, 5.74) is 12.3. The lowest BCUT2D eigenvalue weighted by Crippen LogP contribution is -2.43. The number of likely N-dealkylation sites (tertiary alicyclic amines) is 1. The molecule has 0 atom stereocenters. The molecule has 0 spiro atoms. The number of para-hydroxylation sites is 1. The van der Waals surface area contributed by atoms with Crippen LogP contribution in [0.5, 0.6) is 0 Å². The van der Waals surface area contributed by atoms with Gasteiger partial charge in [0.25, 0.3) is 5.91 Å². The van der Waals surface area contributed by atoms with Gasteiger partial charge in [0.2, 0.25) is 0 Å². The molecule has 4 nitrogen and oxygen atoms in total. The first-order chi connectivity index (χ1) is 14.2. The van der Waals surface area contributed by atoms with Crippen molar-refractivity contribution in [2.75, 3.05) is 13.1 Å². The summed E-state index contributed by atoms with van der Waals surface area (Å²) in [6.07, 6.45) is 5.73. The number of hydrogen-bond donors (Lipinski definition) is 1. The van der Waals surface area contributed by atoms with Gasteiger partial charge in [-0.15, -0.1) is 0 Å². The molecule has 0 saturated carbocycles. The number of benzene rings is 2. The van der Waals surface area contributed by atoms with Gasteiger partial charge < -0.3 is 10.6 Å². The number of carbonyl (C=O) groups is 1. The molecule has 5 rings (SSSR count). The summed E-state index contributed by atoms with van der Waals surface area (Å²) in [4.78, 5) is 20.5. The van der Waals surface area contributed by atoms with E-state index in [1.807, 2.05) is 47.4 Å². The minimum atomic E-state index is 0.132. The number of fused-ring (bicyclic) bond motifs is 2. The van der Waals surface area contributed by atoms with Crippen LogP contribution in [0.25, 0.3) is 22.6 Å². The van der Waals surface area contributed by atoms with Crippen LogP contribution in [0, 0.1) is 0 Å². The molecule has 29 heavy (non-hydrogen) atoms. The molecule has 3 aromatic rings. The van der Waals surface area contributed by atoms with Crippen molar-refractivity contribution in [2.45, 2.75) is 31.7 Å². The van der Waals surface area contributed by atoms with Gasteiger partial charge in [0.05, 0.1) is 16.8 Å². The summed E-state index contributed by atoms with van der Waals surface area (Å²) in [5, 5.41) is 0.965. The molecule has 2 N–H and O–H groups in total. The smallest absolute Gasteiger partial charge is 0.254 e. The maximum Gasteiger partial charge on any atom is 0.254 e. The van der Waals surface area contributed by atoms with Crippen molar-refractivity contribution in [1.82, 2.24) is 9.88 Å². The first kappa shape index (κ1) is 18.1. The predicted octanol–water partition coefficient (Wildman–Crippen LogP) is 4.28. The monoisotopic (exact) mass is 383 g/mol. The van der Waals surface area contributed by atoms with Gasteiger partial charge >= 0.3 is 0 Å². The molecule has 1 fully saturated rings. The molecule has 1 aliphatic heterocycles. The highest BCUT2D eigenvalue weighted by Crippen LogP contribution is 2.38. The van der Waals surface area contributed by atoms with Crippen LogP contribution in [0.15, 0.2) is 54.6 Å². The third-order valence-corrected chi connectivity index (χ3v) is 6.12. The third kappa shape index (κ3) is 3.34. The Bertz CT molecular complexity index is 1100. The lowest BCUT2D eigenvalue weighted by molar-refractivity contribution is 0.0715. The molecule has 1 aliphatic carbocycles. The number of nitrogens with zero attached hydrogens (tertiary/aromatic N) is 2. The summed E-state index contributed by atoms with van der Waals surface area (Å²) < 4.78 is 0. The fourth-order valence-corrected chi connectivity index (χ4v) is 4.53. The van der Waals surface area contributed by atoms with Gasteiger partial charge in [0.1, 0.15) is 0 Å². The highest BCUT2D eigenvalue weighted by atomic mass is 16.2. The maximum absolute atomic E-state index is 13.6. The van der Waals surface area contributed by atoms with Gasteiger partial charge in [-0.25, -0.2) is 4.98 Å². The lowest BCUT2D eigenvalue weighted by atomic mass is 9.98. The molecule has 2 aromatic carbocycles. The van der Waals surface area contributed by atoms with Crippen molar-refractivity contribution < 1.29 is 4.79 Å². The molecule has 0 unspecified atom stereocenters. The largest absolute Gasteiger partial charge is 0.339 e. The summed E-state index contributed by atoms with van der Waals surface area (Å²) in [5.74, 6) is 0.132. The second-order valence-electron chi connectivity index (χ2n) is 8.04. The zero-order valence-corrected chi connectivity index (χ0v) is 16.5. The standard InChI is InChI=1S/C25H25N3O/c26-19-12-14-28(15-13-19)25(29)23-20-8-4-5-9-22(20)27-24-18(10-11-21(23)24)16-17-6-2-1-3-7-17/h1-9,16,19H,10-15,26H2/b18-16-. The average Bonchev–Trinajstić information content (AvgIpc) is 3.15. The molecule has 2 heterocycles. The van der Waals surface area contributed by atoms with Crippen LogP contribution in [-0.4, -0.2) is 34.9 Å². The Labute approximate surface area is 171 Å². The highest BCUT2D eigenvalue weighted by Gasteiger charge is 2.30. The lowest BCUT2D eigenvalue weighted by Gasteiger charge is -2.31. The van der Waals surface area contributed by atoms with Crippen molar-refractivity contribution in [3.8, 4) is 0 Å². The molecular formula is C25H25N3O. The minimum absolute atomic E-state index is 0.132. The van der Waals surface area contributed by atoms with Gasteiger partial charge in [-0.3, -0.25) is 4.79 Å². The van der Waals surface area contributed by atoms with E-state index in [1.165, 1.54) is 11.1 Å². The van der Waals surface area contributed by atoms with E-state index in [2.05, 4.69) is 18.2 Å². The van der Waals surface area contributed by atoms with Crippen LogP contribution in [0.1, 0.15) is 46.4 Å². The van der Waals surface area contributed by atoms with Gasteiger partial charge in [0, 0.05) is 24.5 Å². The Kier molecular flexibility index (Phi) is 4.64. The van der Waals surface area contributed by atoms with E-state index < -0.39 is 0 Å². The quantitative estimate of drug-likeness (QED) is 0.718. The number of pyridine rings is 1. The van der Waals surface area contributed by atoms with E-state index >= 15 is 0 Å². The Hall–Kier alpha value is -2.98. The Morgan fingerprint density at radius 1 is 1.00 bits per heavy atom. The summed E-state index contributed by atoms with van der Waals surface area (Å²) in [6.45, 7) is 1.47. The van der Waals surface area contributed by atoms with E-state index in [9.17, 15) is 4.79 Å². The van der Waals surface area contributed by atoms with Crippen LogP contribution in [-0.2, 0) is 6.42 Å². The van der Waals surface area contributed by atoms with E-state index in [1.54, 1.807) is 0 Å². The van der Waals surface area contributed by atoms with E-state index in [0.29, 0.717) is 0 Å². The Morgan fingerprint density at radius 3 is 2.52 bits per heavy atom. The fraction of sp³-hybridized carbons (Fsp3) is 0.280. The molecule has 1 aromatic heterocycles. The summed E-state index contributed by atoms with van der Waals surface area (Å²) >= 11 is 0. The average molecular weight is 383 g/mol. The summed E-state index contributed by atoms with van der Waals surface area (Å²) in [6, 6.07) is 18.6. The number of nitrogens with two attached hydrogens (primary N) is 1. The molecule has 1 amide bonds. The van der Waals surface area contributed by atoms with Crippen LogP contribution in [0.3, 0.4) is 0 Å². The third-order valence-electron chi connectivity index (χ3n) is 6.12. The van der Waals surface area contributed by atoms with Crippen LogP contribution < -0.4 is 5.73 Å². The number of hydrogen-bond acceptors (Lipinski definition) is 3. The van der Waals surface area contributed by atoms with Gasteiger partial charge in [0.15, 0.2) is 0 Å². The number of amides is 1. The number of aromatic nitrogens is 1. The first-order valence-corrected chi connectivity index (χ1v) is 10.4.